The van der Waals surface area contributed by atoms with Crippen LogP contribution in [0.2, 0.25) is 0 Å². The first-order valence-electron chi connectivity index (χ1n) is 7.12. The van der Waals surface area contributed by atoms with E-state index in [2.05, 4.69) is 33.1 Å². The van der Waals surface area contributed by atoms with Gasteiger partial charge in [0.2, 0.25) is 5.91 Å². The SMILES string of the molecule is CCCN1CCC(Nc2cccc(Br)c2)(C(N)=O)CC1. The highest BCUT2D eigenvalue weighted by Crippen LogP contribution is 2.28. The van der Waals surface area contributed by atoms with E-state index in [4.69, 9.17) is 5.73 Å². The Morgan fingerprint density at radius 1 is 1.45 bits per heavy atom. The van der Waals surface area contributed by atoms with Gasteiger partial charge in [-0.2, -0.15) is 0 Å². The van der Waals surface area contributed by atoms with Crippen molar-refractivity contribution in [3.63, 3.8) is 0 Å². The minimum atomic E-state index is -0.620. The second kappa shape index (κ2) is 6.59. The molecule has 1 aromatic rings. The van der Waals surface area contributed by atoms with Gasteiger partial charge in [0.15, 0.2) is 0 Å². The predicted molar refractivity (Wildman–Crippen MR) is 85.7 cm³/mol. The topological polar surface area (TPSA) is 58.4 Å². The van der Waals surface area contributed by atoms with Crippen LogP contribution in [0.4, 0.5) is 5.69 Å². The van der Waals surface area contributed by atoms with Gasteiger partial charge in [-0.05, 0) is 44.0 Å². The molecule has 1 saturated heterocycles. The molecule has 1 heterocycles. The number of primary amides is 1. The van der Waals surface area contributed by atoms with Gasteiger partial charge in [-0.3, -0.25) is 4.79 Å². The zero-order valence-electron chi connectivity index (χ0n) is 11.9. The summed E-state index contributed by atoms with van der Waals surface area (Å²) in [6, 6.07) is 7.86. The Morgan fingerprint density at radius 3 is 2.70 bits per heavy atom. The van der Waals surface area contributed by atoms with Crippen LogP contribution in [-0.2, 0) is 4.79 Å². The van der Waals surface area contributed by atoms with Crippen molar-refractivity contribution in [2.24, 2.45) is 5.73 Å². The summed E-state index contributed by atoms with van der Waals surface area (Å²) in [5.74, 6) is -0.256. The van der Waals surface area contributed by atoms with Crippen LogP contribution in [-0.4, -0.2) is 36.0 Å². The molecule has 110 valence electrons. The molecule has 2 rings (SSSR count). The quantitative estimate of drug-likeness (QED) is 0.866. The average molecular weight is 340 g/mol. The van der Waals surface area contributed by atoms with Crippen LogP contribution >= 0.6 is 15.9 Å². The van der Waals surface area contributed by atoms with Gasteiger partial charge in [-0.1, -0.05) is 28.9 Å². The number of amides is 1. The number of anilines is 1. The van der Waals surface area contributed by atoms with Crippen molar-refractivity contribution >= 4 is 27.5 Å². The van der Waals surface area contributed by atoms with Crippen LogP contribution in [0.1, 0.15) is 26.2 Å². The van der Waals surface area contributed by atoms with Gasteiger partial charge < -0.3 is 16.0 Å². The fourth-order valence-corrected chi connectivity index (χ4v) is 3.15. The Labute approximate surface area is 128 Å². The zero-order valence-corrected chi connectivity index (χ0v) is 13.4. The van der Waals surface area contributed by atoms with Crippen molar-refractivity contribution in [3.05, 3.63) is 28.7 Å². The number of hydrogen-bond acceptors (Lipinski definition) is 3. The number of rotatable bonds is 5. The Balaban J connectivity index is 2.10. The standard InChI is InChI=1S/C15H22BrN3O/c1-2-8-19-9-6-15(7-10-19,14(17)20)18-13-5-3-4-12(16)11-13/h3-5,11,18H,2,6-10H2,1H3,(H2,17,20). The van der Waals surface area contributed by atoms with E-state index in [1.165, 1.54) is 0 Å². The molecule has 1 amide bonds. The lowest BCUT2D eigenvalue weighted by Crippen LogP contribution is -2.57. The number of carbonyl (C=O) groups is 1. The number of benzene rings is 1. The number of nitrogens with two attached hydrogens (primary N) is 1. The number of hydrogen-bond donors (Lipinski definition) is 2. The van der Waals surface area contributed by atoms with Crippen molar-refractivity contribution in [2.45, 2.75) is 31.7 Å². The Morgan fingerprint density at radius 2 is 2.15 bits per heavy atom. The second-order valence-corrected chi connectivity index (χ2v) is 6.34. The maximum Gasteiger partial charge on any atom is 0.243 e. The van der Waals surface area contributed by atoms with Gasteiger partial charge >= 0.3 is 0 Å². The molecule has 0 radical (unpaired) electrons. The number of piperidine rings is 1. The Bertz CT molecular complexity index is 470. The third kappa shape index (κ3) is 3.52. The summed E-state index contributed by atoms with van der Waals surface area (Å²) < 4.78 is 0.991. The third-order valence-electron chi connectivity index (χ3n) is 3.93. The first-order chi connectivity index (χ1) is 9.55. The van der Waals surface area contributed by atoms with E-state index in [1.807, 2.05) is 24.3 Å². The highest BCUT2D eigenvalue weighted by molar-refractivity contribution is 9.10. The number of likely N-dealkylation sites (tertiary alicyclic amines) is 1. The maximum absolute atomic E-state index is 12.0. The summed E-state index contributed by atoms with van der Waals surface area (Å²) in [5.41, 5.74) is 5.99. The van der Waals surface area contributed by atoms with Gasteiger partial charge in [0, 0.05) is 23.2 Å². The van der Waals surface area contributed by atoms with E-state index < -0.39 is 5.54 Å². The lowest BCUT2D eigenvalue weighted by atomic mass is 9.86. The Hall–Kier alpha value is -1.07. The van der Waals surface area contributed by atoms with Crippen LogP contribution < -0.4 is 11.1 Å². The highest BCUT2D eigenvalue weighted by Gasteiger charge is 2.39. The summed E-state index contributed by atoms with van der Waals surface area (Å²) >= 11 is 3.45. The molecule has 0 unspecified atom stereocenters. The lowest BCUT2D eigenvalue weighted by molar-refractivity contribution is -0.123. The average Bonchev–Trinajstić information content (AvgIpc) is 2.41. The number of carbonyl (C=O) groups excluding carboxylic acids is 1. The molecular formula is C15H22BrN3O. The first kappa shape index (κ1) is 15.3. The molecule has 1 aliphatic heterocycles. The van der Waals surface area contributed by atoms with Gasteiger partial charge in [-0.25, -0.2) is 0 Å². The third-order valence-corrected chi connectivity index (χ3v) is 4.42. The Kier molecular flexibility index (Phi) is 5.05. The largest absolute Gasteiger partial charge is 0.371 e. The van der Waals surface area contributed by atoms with Gasteiger partial charge in [0.25, 0.3) is 0 Å². The van der Waals surface area contributed by atoms with Crippen molar-refractivity contribution in [1.29, 1.82) is 0 Å². The smallest absolute Gasteiger partial charge is 0.243 e. The van der Waals surface area contributed by atoms with Crippen LogP contribution in [0.5, 0.6) is 0 Å². The van der Waals surface area contributed by atoms with Gasteiger partial charge in [-0.15, -0.1) is 0 Å². The minimum Gasteiger partial charge on any atom is -0.371 e. The monoisotopic (exact) mass is 339 g/mol. The molecule has 1 aromatic carbocycles. The van der Waals surface area contributed by atoms with E-state index in [1.54, 1.807) is 0 Å². The molecule has 0 bridgehead atoms. The van der Waals surface area contributed by atoms with E-state index in [-0.39, 0.29) is 5.91 Å². The normalized spacial score (nSPS) is 18.7. The number of halogens is 1. The second-order valence-electron chi connectivity index (χ2n) is 5.42. The minimum absolute atomic E-state index is 0.256. The summed E-state index contributed by atoms with van der Waals surface area (Å²) in [6.07, 6.45) is 2.66. The molecule has 0 aliphatic carbocycles. The maximum atomic E-state index is 12.0. The fraction of sp³-hybridized carbons (Fsp3) is 0.533. The predicted octanol–water partition coefficient (Wildman–Crippen LogP) is 2.59. The molecule has 0 saturated carbocycles. The molecule has 5 heteroatoms. The van der Waals surface area contributed by atoms with E-state index in [0.717, 1.165) is 49.1 Å². The first-order valence-corrected chi connectivity index (χ1v) is 7.91. The van der Waals surface area contributed by atoms with Gasteiger partial charge in [0.1, 0.15) is 5.54 Å². The van der Waals surface area contributed by atoms with Crippen LogP contribution in [0.25, 0.3) is 0 Å². The van der Waals surface area contributed by atoms with Crippen LogP contribution in [0, 0.1) is 0 Å². The molecule has 1 aliphatic rings. The highest BCUT2D eigenvalue weighted by atomic mass is 79.9. The summed E-state index contributed by atoms with van der Waals surface area (Å²) in [5, 5.41) is 3.37. The summed E-state index contributed by atoms with van der Waals surface area (Å²) in [6.45, 7) is 5.09. The molecule has 1 fully saturated rings. The summed E-state index contributed by atoms with van der Waals surface area (Å²) in [4.78, 5) is 14.4. The van der Waals surface area contributed by atoms with Crippen LogP contribution in [0.3, 0.4) is 0 Å². The molecule has 0 aromatic heterocycles. The van der Waals surface area contributed by atoms with Crippen molar-refractivity contribution in [2.75, 3.05) is 25.0 Å². The molecule has 4 nitrogen and oxygen atoms in total. The lowest BCUT2D eigenvalue weighted by Gasteiger charge is -2.40. The van der Waals surface area contributed by atoms with Crippen molar-refractivity contribution in [1.82, 2.24) is 4.90 Å². The van der Waals surface area contributed by atoms with E-state index in [0.29, 0.717) is 0 Å². The number of nitrogens with zero attached hydrogens (tertiary/aromatic N) is 1. The van der Waals surface area contributed by atoms with Crippen molar-refractivity contribution in [3.8, 4) is 0 Å². The van der Waals surface area contributed by atoms with E-state index >= 15 is 0 Å². The fourth-order valence-electron chi connectivity index (χ4n) is 2.75. The molecule has 0 atom stereocenters. The van der Waals surface area contributed by atoms with E-state index in [9.17, 15) is 4.79 Å². The molecular weight excluding hydrogens is 318 g/mol. The molecule has 20 heavy (non-hydrogen) atoms. The molecule has 3 N–H and O–H groups in total. The summed E-state index contributed by atoms with van der Waals surface area (Å²) in [7, 11) is 0. The molecule has 0 spiro atoms. The van der Waals surface area contributed by atoms with Crippen molar-refractivity contribution < 1.29 is 4.79 Å². The zero-order chi connectivity index (χ0) is 14.6. The van der Waals surface area contributed by atoms with Crippen LogP contribution in [0.15, 0.2) is 28.7 Å². The number of nitrogens with one attached hydrogen (secondary N) is 1. The van der Waals surface area contributed by atoms with Gasteiger partial charge in [0.05, 0.1) is 0 Å².